The van der Waals surface area contributed by atoms with Gasteiger partial charge in [0.2, 0.25) is 0 Å². The summed E-state index contributed by atoms with van der Waals surface area (Å²) in [5.41, 5.74) is 14.5. The molecule has 9 aromatic carbocycles. The van der Waals surface area contributed by atoms with Crippen LogP contribution in [-0.4, -0.2) is 9.38 Å². The van der Waals surface area contributed by atoms with Crippen LogP contribution in [0.15, 0.2) is 237 Å². The molecular weight excluding hydrogens is 1080 g/mol. The summed E-state index contributed by atoms with van der Waals surface area (Å²) in [4.78, 5) is 9.67. The number of allylic oxidation sites excluding steroid dienone is 5. The van der Waals surface area contributed by atoms with Gasteiger partial charge in [-0.15, -0.1) is 48.1 Å². The Morgan fingerprint density at radius 3 is 2.03 bits per heavy atom. The predicted octanol–water partition coefficient (Wildman–Crippen LogP) is 18.2. The molecule has 0 N–H and O–H groups in total. The molecule has 1 aliphatic rings. The second kappa shape index (κ2) is 19.3. The first-order valence-electron chi connectivity index (χ1n) is 24.7. The van der Waals surface area contributed by atoms with E-state index in [0.29, 0.717) is 11.5 Å². The Bertz CT molecular complexity index is 4290. The van der Waals surface area contributed by atoms with Crippen LogP contribution in [0.1, 0.15) is 18.1 Å². The van der Waals surface area contributed by atoms with Gasteiger partial charge in [-0.1, -0.05) is 182 Å². The summed E-state index contributed by atoms with van der Waals surface area (Å²) in [7, 11) is 0. The predicted molar refractivity (Wildman–Crippen MR) is 306 cm³/mol. The number of ether oxygens (including phenoxy) is 1. The van der Waals surface area contributed by atoms with Gasteiger partial charge in [-0.2, -0.15) is 12.1 Å². The number of fused-ring (bicyclic) bond motifs is 11. The van der Waals surface area contributed by atoms with Gasteiger partial charge in [0.25, 0.3) is 0 Å². The Morgan fingerprint density at radius 2 is 1.19 bits per heavy atom. The first kappa shape index (κ1) is 46.3. The van der Waals surface area contributed by atoms with Crippen molar-refractivity contribution in [2.75, 3.05) is 9.80 Å². The zero-order chi connectivity index (χ0) is 49.0. The molecule has 0 saturated carbocycles. The molecule has 12 aromatic rings. The van der Waals surface area contributed by atoms with E-state index in [1.165, 1.54) is 22.1 Å². The van der Waals surface area contributed by atoms with E-state index < -0.39 is 0 Å². The van der Waals surface area contributed by atoms with Crippen molar-refractivity contribution < 1.29 is 25.8 Å². The van der Waals surface area contributed by atoms with Crippen LogP contribution in [0, 0.1) is 25.7 Å². The maximum absolute atomic E-state index is 6.84. The van der Waals surface area contributed by atoms with Crippen molar-refractivity contribution in [2.45, 2.75) is 13.8 Å². The van der Waals surface area contributed by atoms with Crippen molar-refractivity contribution in [3.63, 3.8) is 0 Å². The molecule has 4 heterocycles. The van der Waals surface area contributed by atoms with Crippen molar-refractivity contribution in [1.29, 1.82) is 0 Å². The number of aryl methyl sites for hydroxylation is 1. The maximum Gasteiger partial charge on any atom is 0.143 e. The first-order chi connectivity index (χ1) is 36.0. The molecule has 0 aliphatic carbocycles. The minimum absolute atomic E-state index is 0. The number of rotatable bonds is 9. The van der Waals surface area contributed by atoms with Gasteiger partial charge in [0.05, 0.1) is 0 Å². The molecule has 0 atom stereocenters. The number of pyridine rings is 1. The summed E-state index contributed by atoms with van der Waals surface area (Å²) in [5, 5.41) is 8.94. The third kappa shape index (κ3) is 7.80. The smallest absolute Gasteiger partial charge is 0.143 e. The topological polar surface area (TPSA) is 33.0 Å². The number of para-hydroxylation sites is 4. The molecule has 0 amide bonds. The van der Waals surface area contributed by atoms with E-state index in [-0.39, 0.29) is 21.1 Å². The van der Waals surface area contributed by atoms with Crippen molar-refractivity contribution in [1.82, 2.24) is 9.38 Å². The third-order valence-electron chi connectivity index (χ3n) is 14.1. The third-order valence-corrected chi connectivity index (χ3v) is 14.1. The summed E-state index contributed by atoms with van der Waals surface area (Å²) >= 11 is 0. The molecule has 1 aliphatic heterocycles. The fraction of sp³-hybridized carbons (Fsp3) is 0.0294. The zero-order valence-electron chi connectivity index (χ0n) is 40.7. The van der Waals surface area contributed by atoms with Crippen LogP contribution < -0.4 is 14.5 Å². The average molecular weight is 1130 g/mol. The SMILES string of the molecule is C=C(/C=C\C=C/C)c1cccc(-c2ccccc2)c1N1[CH-]N(c2[c-]c(Oc3[c-]c4c(cc3)c3cccc5c6cccc(-c7ccccc7C)c6c6ccccc6c6cccnc6n4c53)ccc2)c2ccccc21.[Pt]. The number of benzene rings is 9. The van der Waals surface area contributed by atoms with Crippen LogP contribution in [0.3, 0.4) is 0 Å². The van der Waals surface area contributed by atoms with Gasteiger partial charge in [-0.3, -0.25) is 0 Å². The monoisotopic (exact) mass is 1130 g/mol. The molecule has 0 bridgehead atoms. The summed E-state index contributed by atoms with van der Waals surface area (Å²) in [6, 6.07) is 78.2. The minimum Gasteiger partial charge on any atom is -0.509 e. The molecule has 5 nitrogen and oxygen atoms in total. The van der Waals surface area contributed by atoms with Gasteiger partial charge in [-0.05, 0) is 92.9 Å². The fourth-order valence-corrected chi connectivity index (χ4v) is 10.9. The summed E-state index contributed by atoms with van der Waals surface area (Å²) in [6.07, 6.45) is 10.0. The van der Waals surface area contributed by atoms with Gasteiger partial charge >= 0.3 is 0 Å². The van der Waals surface area contributed by atoms with Crippen molar-refractivity contribution >= 4 is 88.1 Å². The Kier molecular flexibility index (Phi) is 12.1. The van der Waals surface area contributed by atoms with E-state index >= 15 is 0 Å². The van der Waals surface area contributed by atoms with Crippen LogP contribution in [0.4, 0.5) is 22.7 Å². The maximum atomic E-state index is 6.84. The van der Waals surface area contributed by atoms with E-state index in [2.05, 4.69) is 229 Å². The molecule has 0 fully saturated rings. The zero-order valence-corrected chi connectivity index (χ0v) is 43.0. The van der Waals surface area contributed by atoms with Crippen LogP contribution in [0.25, 0.3) is 87.6 Å². The standard InChI is InChI=1S/C68H47N4O.Pt/c1-4-5-7-21-46(3)52-30-17-31-53(47-23-8-6-9-24-47)66(52)71-44-70(62-37-14-15-38-63(62)71)48-25-16-26-49(42-48)73-50-39-40-55-59-34-19-35-60-58-33-18-32-56(51-27-11-10-22-45(51)2)65(58)57-29-13-12-28-54(57)61-36-20-41-69-68(61)72(67(59)60)64(55)43-50;/h4-41,44H,3H2,1-2H3;/q-3;/b5-4-,21-7-;. The van der Waals surface area contributed by atoms with Crippen LogP contribution in [-0.2, 0) is 21.1 Å². The van der Waals surface area contributed by atoms with Crippen LogP contribution >= 0.6 is 0 Å². The molecule has 0 saturated heterocycles. The molecule has 3 aromatic heterocycles. The number of hydrogen-bond donors (Lipinski definition) is 0. The molecule has 0 spiro atoms. The first-order valence-corrected chi connectivity index (χ1v) is 24.7. The van der Waals surface area contributed by atoms with Gasteiger partial charge < -0.3 is 18.9 Å². The van der Waals surface area contributed by atoms with Gasteiger partial charge in [0, 0.05) is 83.2 Å². The Balaban J connectivity index is 0.00000556. The van der Waals surface area contributed by atoms with Gasteiger partial charge in [0.1, 0.15) is 5.65 Å². The second-order valence-electron chi connectivity index (χ2n) is 18.4. The molecule has 74 heavy (non-hydrogen) atoms. The quantitative estimate of drug-likeness (QED) is 0.107. The van der Waals surface area contributed by atoms with E-state index in [9.17, 15) is 0 Å². The molecule has 0 radical (unpaired) electrons. The van der Waals surface area contributed by atoms with Crippen molar-refractivity contribution in [3.8, 4) is 33.8 Å². The van der Waals surface area contributed by atoms with E-state index in [0.717, 1.165) is 99.4 Å². The Hall–Kier alpha value is -8.76. The summed E-state index contributed by atoms with van der Waals surface area (Å²) in [5.74, 6) is 1.14. The van der Waals surface area contributed by atoms with Gasteiger partial charge in [-0.25, -0.2) is 4.98 Å². The Labute approximate surface area is 445 Å². The van der Waals surface area contributed by atoms with Gasteiger partial charge in [0.15, 0.2) is 0 Å². The largest absolute Gasteiger partial charge is 0.509 e. The average Bonchev–Trinajstić information content (AvgIpc) is 4.01. The molecule has 358 valence electrons. The van der Waals surface area contributed by atoms with Crippen molar-refractivity contribution in [2.24, 2.45) is 0 Å². The normalized spacial score (nSPS) is 12.5. The van der Waals surface area contributed by atoms with Crippen LogP contribution in [0.5, 0.6) is 11.5 Å². The number of hydrogen-bond acceptors (Lipinski definition) is 4. The molecule has 13 rings (SSSR count). The second-order valence-corrected chi connectivity index (χ2v) is 18.4. The van der Waals surface area contributed by atoms with Crippen LogP contribution in [0.2, 0.25) is 0 Å². The van der Waals surface area contributed by atoms with E-state index in [1.54, 1.807) is 0 Å². The summed E-state index contributed by atoms with van der Waals surface area (Å²) in [6.45, 7) is 10.9. The Morgan fingerprint density at radius 1 is 0.554 bits per heavy atom. The molecule has 6 heteroatoms. The van der Waals surface area contributed by atoms with Crippen molar-refractivity contribution in [3.05, 3.63) is 267 Å². The van der Waals surface area contributed by atoms with E-state index in [4.69, 9.17) is 9.72 Å². The minimum atomic E-state index is 0. The van der Waals surface area contributed by atoms with E-state index in [1.807, 2.05) is 55.6 Å². The molecular formula is C68H47N4OPt-3. The number of aromatic nitrogens is 2. The summed E-state index contributed by atoms with van der Waals surface area (Å²) < 4.78 is 9.13. The fourth-order valence-electron chi connectivity index (χ4n) is 10.9. The molecule has 0 unspecified atom stereocenters. The number of nitrogens with zero attached hydrogens (tertiary/aromatic N) is 4. The number of anilines is 4.